The normalized spacial score (nSPS) is 35.1. The molecule has 0 bridgehead atoms. The third kappa shape index (κ3) is 4.15. The van der Waals surface area contributed by atoms with Gasteiger partial charge in [-0.3, -0.25) is 0 Å². The van der Waals surface area contributed by atoms with E-state index in [1.54, 1.807) is 0 Å². The zero-order valence-electron chi connectivity index (χ0n) is 11.5. The molecule has 0 aromatic heterocycles. The SMILES string of the molecule is CCC1CCC(N(C)CC2CSCCN2)CC1. The summed E-state index contributed by atoms with van der Waals surface area (Å²) in [5, 5.41) is 3.65. The van der Waals surface area contributed by atoms with Crippen LogP contribution in [0.4, 0.5) is 0 Å². The zero-order chi connectivity index (χ0) is 12.1. The largest absolute Gasteiger partial charge is 0.311 e. The number of nitrogens with zero attached hydrogens (tertiary/aromatic N) is 1. The van der Waals surface area contributed by atoms with Crippen LogP contribution in [-0.4, -0.2) is 48.6 Å². The average molecular weight is 256 g/mol. The molecule has 1 aliphatic heterocycles. The van der Waals surface area contributed by atoms with Crippen LogP contribution in [0.1, 0.15) is 39.0 Å². The summed E-state index contributed by atoms with van der Waals surface area (Å²) >= 11 is 2.11. The van der Waals surface area contributed by atoms with E-state index >= 15 is 0 Å². The predicted octanol–water partition coefficient (Wildman–Crippen LogP) is 2.59. The summed E-state index contributed by atoms with van der Waals surface area (Å²) in [4.78, 5) is 2.62. The lowest BCUT2D eigenvalue weighted by Crippen LogP contribution is -2.48. The Kier molecular flexibility index (Phi) is 5.64. The van der Waals surface area contributed by atoms with Crippen molar-refractivity contribution in [2.75, 3.05) is 31.6 Å². The smallest absolute Gasteiger partial charge is 0.0285 e. The monoisotopic (exact) mass is 256 g/mol. The Balaban J connectivity index is 1.70. The van der Waals surface area contributed by atoms with Crippen LogP contribution in [0.25, 0.3) is 0 Å². The van der Waals surface area contributed by atoms with E-state index in [0.717, 1.165) is 18.0 Å². The van der Waals surface area contributed by atoms with Gasteiger partial charge in [0.2, 0.25) is 0 Å². The first-order chi connectivity index (χ1) is 8.29. The summed E-state index contributed by atoms with van der Waals surface area (Å²) in [5.74, 6) is 3.61. The number of likely N-dealkylation sites (N-methyl/N-ethyl adjacent to an activating group) is 1. The fourth-order valence-electron chi connectivity index (χ4n) is 3.23. The third-order valence-corrected chi connectivity index (χ3v) is 5.65. The Labute approximate surface area is 111 Å². The molecule has 3 heteroatoms. The summed E-state index contributed by atoms with van der Waals surface area (Å²) in [6.45, 7) is 4.79. The molecule has 0 spiro atoms. The van der Waals surface area contributed by atoms with Gasteiger partial charge in [-0.1, -0.05) is 13.3 Å². The first kappa shape index (κ1) is 13.7. The summed E-state index contributed by atoms with van der Waals surface area (Å²) in [5.41, 5.74) is 0. The van der Waals surface area contributed by atoms with Gasteiger partial charge in [0, 0.05) is 36.7 Å². The molecule has 0 amide bonds. The van der Waals surface area contributed by atoms with Gasteiger partial charge in [0.25, 0.3) is 0 Å². The molecule has 1 N–H and O–H groups in total. The van der Waals surface area contributed by atoms with Crippen LogP contribution in [0.2, 0.25) is 0 Å². The van der Waals surface area contributed by atoms with Gasteiger partial charge in [-0.15, -0.1) is 0 Å². The molecule has 0 aromatic carbocycles. The van der Waals surface area contributed by atoms with E-state index in [0.29, 0.717) is 0 Å². The number of thioether (sulfide) groups is 1. The molecule has 1 saturated carbocycles. The minimum absolute atomic E-state index is 0.725. The topological polar surface area (TPSA) is 15.3 Å². The van der Waals surface area contributed by atoms with Crippen molar-refractivity contribution in [1.82, 2.24) is 10.2 Å². The summed E-state index contributed by atoms with van der Waals surface area (Å²) in [6.07, 6.45) is 7.15. The van der Waals surface area contributed by atoms with Gasteiger partial charge in [-0.25, -0.2) is 0 Å². The maximum atomic E-state index is 3.65. The Morgan fingerprint density at radius 2 is 2.00 bits per heavy atom. The zero-order valence-corrected chi connectivity index (χ0v) is 12.3. The number of rotatable bonds is 4. The van der Waals surface area contributed by atoms with Gasteiger partial charge in [-0.05, 0) is 38.6 Å². The van der Waals surface area contributed by atoms with E-state index in [9.17, 15) is 0 Å². The molecule has 17 heavy (non-hydrogen) atoms. The van der Waals surface area contributed by atoms with Crippen molar-refractivity contribution in [3.05, 3.63) is 0 Å². The molecular formula is C14H28N2S. The van der Waals surface area contributed by atoms with Crippen molar-refractivity contribution in [2.45, 2.75) is 51.1 Å². The summed E-state index contributed by atoms with van der Waals surface area (Å²) in [6, 6.07) is 1.58. The van der Waals surface area contributed by atoms with Crippen molar-refractivity contribution >= 4 is 11.8 Å². The molecule has 0 aromatic rings. The molecule has 100 valence electrons. The second-order valence-electron chi connectivity index (χ2n) is 5.75. The highest BCUT2D eigenvalue weighted by Gasteiger charge is 2.25. The van der Waals surface area contributed by atoms with Gasteiger partial charge in [0.1, 0.15) is 0 Å². The molecule has 1 atom stereocenters. The van der Waals surface area contributed by atoms with E-state index in [2.05, 4.69) is 35.9 Å². The highest BCUT2D eigenvalue weighted by Crippen LogP contribution is 2.29. The van der Waals surface area contributed by atoms with Crippen molar-refractivity contribution in [1.29, 1.82) is 0 Å². The Hall–Kier alpha value is 0.270. The van der Waals surface area contributed by atoms with Crippen molar-refractivity contribution in [3.8, 4) is 0 Å². The quantitative estimate of drug-likeness (QED) is 0.832. The number of hydrogen-bond donors (Lipinski definition) is 1. The molecule has 2 rings (SSSR count). The second-order valence-corrected chi connectivity index (χ2v) is 6.90. The van der Waals surface area contributed by atoms with E-state index < -0.39 is 0 Å². The Morgan fingerprint density at radius 1 is 1.24 bits per heavy atom. The molecule has 2 fully saturated rings. The minimum Gasteiger partial charge on any atom is -0.311 e. The maximum absolute atomic E-state index is 3.65. The fourth-order valence-corrected chi connectivity index (χ4v) is 4.16. The first-order valence-corrected chi connectivity index (χ1v) is 8.46. The van der Waals surface area contributed by atoms with Gasteiger partial charge in [0.05, 0.1) is 0 Å². The highest BCUT2D eigenvalue weighted by atomic mass is 32.2. The van der Waals surface area contributed by atoms with E-state index in [1.807, 2.05) is 0 Å². The molecule has 1 aliphatic carbocycles. The van der Waals surface area contributed by atoms with Crippen molar-refractivity contribution in [3.63, 3.8) is 0 Å². The molecule has 1 unspecified atom stereocenters. The van der Waals surface area contributed by atoms with E-state index in [1.165, 1.54) is 56.7 Å². The predicted molar refractivity (Wildman–Crippen MR) is 77.8 cm³/mol. The average Bonchev–Trinajstić information content (AvgIpc) is 2.40. The van der Waals surface area contributed by atoms with Crippen LogP contribution in [0.15, 0.2) is 0 Å². The van der Waals surface area contributed by atoms with E-state index in [4.69, 9.17) is 0 Å². The van der Waals surface area contributed by atoms with Crippen LogP contribution in [0, 0.1) is 5.92 Å². The van der Waals surface area contributed by atoms with Crippen molar-refractivity contribution < 1.29 is 0 Å². The van der Waals surface area contributed by atoms with Crippen LogP contribution in [0.3, 0.4) is 0 Å². The first-order valence-electron chi connectivity index (χ1n) is 7.31. The van der Waals surface area contributed by atoms with Gasteiger partial charge in [-0.2, -0.15) is 11.8 Å². The van der Waals surface area contributed by atoms with Crippen molar-refractivity contribution in [2.24, 2.45) is 5.92 Å². The molecule has 2 aliphatic rings. The van der Waals surface area contributed by atoms with Crippen LogP contribution in [-0.2, 0) is 0 Å². The Bertz CT molecular complexity index is 208. The lowest BCUT2D eigenvalue weighted by Gasteiger charge is -2.37. The molecular weight excluding hydrogens is 228 g/mol. The number of nitrogens with one attached hydrogen (secondary N) is 1. The molecule has 2 nitrogen and oxygen atoms in total. The Morgan fingerprint density at radius 3 is 2.59 bits per heavy atom. The van der Waals surface area contributed by atoms with E-state index in [-0.39, 0.29) is 0 Å². The standard InChI is InChI=1S/C14H28N2S/c1-3-12-4-6-14(7-5-12)16(2)10-13-11-17-9-8-15-13/h12-15H,3-11H2,1-2H3. The second kappa shape index (κ2) is 7.01. The lowest BCUT2D eigenvalue weighted by atomic mass is 9.84. The van der Waals surface area contributed by atoms with Gasteiger partial charge >= 0.3 is 0 Å². The van der Waals surface area contributed by atoms with Crippen LogP contribution < -0.4 is 5.32 Å². The molecule has 0 radical (unpaired) electrons. The molecule has 1 heterocycles. The minimum atomic E-state index is 0.725. The lowest BCUT2D eigenvalue weighted by molar-refractivity contribution is 0.153. The summed E-state index contributed by atoms with van der Waals surface area (Å²) < 4.78 is 0. The maximum Gasteiger partial charge on any atom is 0.0285 e. The van der Waals surface area contributed by atoms with Crippen LogP contribution >= 0.6 is 11.8 Å². The third-order valence-electron chi connectivity index (χ3n) is 4.52. The number of hydrogen-bond acceptors (Lipinski definition) is 3. The molecule has 1 saturated heterocycles. The summed E-state index contributed by atoms with van der Waals surface area (Å²) in [7, 11) is 2.33. The fraction of sp³-hybridized carbons (Fsp3) is 1.00. The van der Waals surface area contributed by atoms with Gasteiger partial charge in [0.15, 0.2) is 0 Å². The van der Waals surface area contributed by atoms with Crippen LogP contribution in [0.5, 0.6) is 0 Å². The van der Waals surface area contributed by atoms with Gasteiger partial charge < -0.3 is 10.2 Å². The highest BCUT2D eigenvalue weighted by molar-refractivity contribution is 7.99.